The van der Waals surface area contributed by atoms with E-state index in [2.05, 4.69) is 24.0 Å². The van der Waals surface area contributed by atoms with Crippen LogP contribution in [0.1, 0.15) is 62.5 Å². The molecule has 0 bridgehead atoms. The van der Waals surface area contributed by atoms with Crippen molar-refractivity contribution in [1.82, 2.24) is 5.01 Å². The van der Waals surface area contributed by atoms with Crippen molar-refractivity contribution >= 4 is 17.5 Å². The highest BCUT2D eigenvalue weighted by atomic mass is 16.5. The van der Waals surface area contributed by atoms with Crippen LogP contribution in [0.2, 0.25) is 0 Å². The van der Waals surface area contributed by atoms with Gasteiger partial charge in [-0.1, -0.05) is 43.8 Å². The topological polar surface area (TPSA) is 85.0 Å². The minimum Gasteiger partial charge on any atom is -0.495 e. The van der Waals surface area contributed by atoms with Gasteiger partial charge in [-0.25, -0.2) is 5.01 Å². The molecule has 4 rings (SSSR count). The Morgan fingerprint density at radius 2 is 1.84 bits per heavy atom. The van der Waals surface area contributed by atoms with Gasteiger partial charge < -0.3 is 10.5 Å². The van der Waals surface area contributed by atoms with Crippen LogP contribution >= 0.6 is 0 Å². The molecule has 1 aromatic rings. The average molecular weight is 420 g/mol. The SMILES string of the molecule is COc1ccc(C2=NN(C3CCCCCC3)C(=O)[C@H]3CC=CC[C@@H]23)cc1C#CC(N)=O. The van der Waals surface area contributed by atoms with E-state index in [1.165, 1.54) is 12.8 Å². The molecule has 0 radical (unpaired) electrons. The van der Waals surface area contributed by atoms with Crippen LogP contribution in [0, 0.1) is 23.7 Å². The smallest absolute Gasteiger partial charge is 0.293 e. The van der Waals surface area contributed by atoms with E-state index in [0.29, 0.717) is 11.3 Å². The average Bonchev–Trinajstić information content (AvgIpc) is 3.07. The summed E-state index contributed by atoms with van der Waals surface area (Å²) in [5.74, 6) is 5.21. The number of rotatable bonds is 3. The quantitative estimate of drug-likeness (QED) is 0.463. The van der Waals surface area contributed by atoms with Crippen LogP contribution in [-0.4, -0.2) is 35.7 Å². The second-order valence-corrected chi connectivity index (χ2v) is 8.50. The Balaban J connectivity index is 1.76. The van der Waals surface area contributed by atoms with E-state index in [4.69, 9.17) is 15.6 Å². The second kappa shape index (κ2) is 9.38. The molecule has 2 atom stereocenters. The molecule has 6 nitrogen and oxygen atoms in total. The molecule has 1 aromatic carbocycles. The van der Waals surface area contributed by atoms with Gasteiger partial charge in [0.2, 0.25) is 5.91 Å². The maximum atomic E-state index is 13.4. The molecule has 3 aliphatic rings. The highest BCUT2D eigenvalue weighted by molar-refractivity contribution is 6.07. The number of hydrogen-bond donors (Lipinski definition) is 1. The largest absolute Gasteiger partial charge is 0.495 e. The van der Waals surface area contributed by atoms with Crippen LogP contribution in [0.4, 0.5) is 0 Å². The van der Waals surface area contributed by atoms with Gasteiger partial charge in [0, 0.05) is 11.8 Å². The van der Waals surface area contributed by atoms with Gasteiger partial charge in [0.1, 0.15) is 5.75 Å². The summed E-state index contributed by atoms with van der Waals surface area (Å²) >= 11 is 0. The minimum absolute atomic E-state index is 0.0462. The number of nitrogens with zero attached hydrogens (tertiary/aromatic N) is 2. The second-order valence-electron chi connectivity index (χ2n) is 8.50. The molecule has 0 aromatic heterocycles. The van der Waals surface area contributed by atoms with E-state index in [9.17, 15) is 9.59 Å². The van der Waals surface area contributed by atoms with E-state index >= 15 is 0 Å². The molecule has 162 valence electrons. The Morgan fingerprint density at radius 3 is 2.52 bits per heavy atom. The summed E-state index contributed by atoms with van der Waals surface area (Å²) in [5, 5.41) is 6.75. The lowest BCUT2D eigenvalue weighted by molar-refractivity contribution is -0.140. The molecule has 0 unspecified atom stereocenters. The summed E-state index contributed by atoms with van der Waals surface area (Å²) in [7, 11) is 1.57. The third-order valence-corrected chi connectivity index (χ3v) is 6.53. The summed E-state index contributed by atoms with van der Waals surface area (Å²) in [4.78, 5) is 24.5. The lowest BCUT2D eigenvalue weighted by Gasteiger charge is -2.40. The van der Waals surface area contributed by atoms with E-state index in [1.54, 1.807) is 12.1 Å². The summed E-state index contributed by atoms with van der Waals surface area (Å²) in [5.41, 5.74) is 7.61. The van der Waals surface area contributed by atoms with Gasteiger partial charge in [0.05, 0.1) is 30.3 Å². The van der Waals surface area contributed by atoms with Crippen LogP contribution in [0.25, 0.3) is 0 Å². The Bertz CT molecular complexity index is 977. The number of hydrogen-bond acceptors (Lipinski definition) is 4. The number of nitrogens with two attached hydrogens (primary N) is 1. The van der Waals surface area contributed by atoms with Crippen molar-refractivity contribution in [1.29, 1.82) is 0 Å². The molecule has 0 saturated heterocycles. The number of hydrazone groups is 1. The third-order valence-electron chi connectivity index (χ3n) is 6.53. The molecule has 1 aliphatic heterocycles. The van der Waals surface area contributed by atoms with Crippen molar-refractivity contribution in [3.8, 4) is 17.6 Å². The van der Waals surface area contributed by atoms with E-state index in [-0.39, 0.29) is 23.8 Å². The van der Waals surface area contributed by atoms with Crippen molar-refractivity contribution in [2.24, 2.45) is 22.7 Å². The Hall–Kier alpha value is -3.07. The maximum Gasteiger partial charge on any atom is 0.293 e. The van der Waals surface area contributed by atoms with E-state index in [1.807, 2.05) is 18.2 Å². The first-order chi connectivity index (χ1) is 15.1. The molecule has 1 saturated carbocycles. The number of allylic oxidation sites excluding steroid dienone is 2. The van der Waals surface area contributed by atoms with Crippen LogP contribution < -0.4 is 10.5 Å². The normalized spacial score (nSPS) is 23.8. The van der Waals surface area contributed by atoms with Gasteiger partial charge in [0.15, 0.2) is 0 Å². The van der Waals surface area contributed by atoms with Crippen molar-refractivity contribution in [3.63, 3.8) is 0 Å². The lowest BCUT2D eigenvalue weighted by atomic mass is 9.76. The minimum atomic E-state index is -0.690. The van der Waals surface area contributed by atoms with Gasteiger partial charge in [-0.2, -0.15) is 5.10 Å². The fraction of sp³-hybridized carbons (Fsp3) is 0.480. The first-order valence-corrected chi connectivity index (χ1v) is 11.1. The van der Waals surface area contributed by atoms with E-state index in [0.717, 1.165) is 49.8 Å². The molecule has 2 aliphatic carbocycles. The summed E-state index contributed by atoms with van der Waals surface area (Å²) in [6.07, 6.45) is 12.5. The van der Waals surface area contributed by atoms with Gasteiger partial charge in [-0.05, 0) is 49.4 Å². The van der Waals surface area contributed by atoms with Crippen LogP contribution in [0.15, 0.2) is 35.5 Å². The van der Waals surface area contributed by atoms with Crippen molar-refractivity contribution in [3.05, 3.63) is 41.5 Å². The number of carbonyl (C=O) groups is 2. The number of methoxy groups -OCH3 is 1. The van der Waals surface area contributed by atoms with Crippen LogP contribution in [-0.2, 0) is 9.59 Å². The van der Waals surface area contributed by atoms with Gasteiger partial charge in [-0.3, -0.25) is 9.59 Å². The predicted molar refractivity (Wildman–Crippen MR) is 119 cm³/mol. The molecular weight excluding hydrogens is 390 g/mol. The lowest BCUT2D eigenvalue weighted by Crippen LogP contribution is -2.49. The summed E-state index contributed by atoms with van der Waals surface area (Å²) < 4.78 is 5.40. The molecule has 1 heterocycles. The van der Waals surface area contributed by atoms with Crippen LogP contribution in [0.3, 0.4) is 0 Å². The first-order valence-electron chi connectivity index (χ1n) is 11.1. The third kappa shape index (κ3) is 4.51. The first kappa shape index (κ1) is 21.2. The molecule has 2 N–H and O–H groups in total. The predicted octanol–water partition coefficient (Wildman–Crippen LogP) is 3.38. The fourth-order valence-electron chi connectivity index (χ4n) is 4.93. The zero-order valence-electron chi connectivity index (χ0n) is 18.0. The number of ether oxygens (including phenoxy) is 1. The Kier molecular flexibility index (Phi) is 6.41. The molecule has 6 heteroatoms. The maximum absolute atomic E-state index is 13.4. The molecule has 2 amide bonds. The van der Waals surface area contributed by atoms with Gasteiger partial charge in [-0.15, -0.1) is 0 Å². The van der Waals surface area contributed by atoms with Crippen molar-refractivity contribution in [2.75, 3.05) is 7.11 Å². The zero-order valence-corrected chi connectivity index (χ0v) is 18.0. The molecule has 1 fully saturated rings. The van der Waals surface area contributed by atoms with Gasteiger partial charge >= 0.3 is 0 Å². The van der Waals surface area contributed by atoms with Gasteiger partial charge in [0.25, 0.3) is 5.91 Å². The Morgan fingerprint density at radius 1 is 1.13 bits per heavy atom. The molecule has 0 spiro atoms. The number of benzene rings is 1. The zero-order chi connectivity index (χ0) is 21.8. The number of fused-ring (bicyclic) bond motifs is 1. The molecule has 31 heavy (non-hydrogen) atoms. The van der Waals surface area contributed by atoms with E-state index < -0.39 is 5.91 Å². The summed E-state index contributed by atoms with van der Waals surface area (Å²) in [6.45, 7) is 0. The fourth-order valence-corrected chi connectivity index (χ4v) is 4.93. The number of carbonyl (C=O) groups excluding carboxylic acids is 2. The van der Waals surface area contributed by atoms with Crippen molar-refractivity contribution < 1.29 is 14.3 Å². The van der Waals surface area contributed by atoms with Crippen LogP contribution in [0.5, 0.6) is 5.75 Å². The highest BCUT2D eigenvalue weighted by Crippen LogP contribution is 2.37. The highest BCUT2D eigenvalue weighted by Gasteiger charge is 2.42. The van der Waals surface area contributed by atoms with Crippen molar-refractivity contribution in [2.45, 2.75) is 57.4 Å². The number of primary amides is 1. The molecular formula is C25H29N3O3. The monoisotopic (exact) mass is 419 g/mol. The summed E-state index contributed by atoms with van der Waals surface area (Å²) in [6, 6.07) is 5.86. The Labute approximate surface area is 183 Å². The number of amides is 2. The standard InChI is InChI=1S/C25H29N3O3/c1-31-22-14-12-18(16-17(22)13-15-23(26)29)24-20-10-6-7-11-21(20)25(30)28(27-24)19-8-4-2-3-5-9-19/h6-7,12,14,16,19-21H,2-5,8-11H2,1H3,(H2,26,29)/t20-,21+/m1/s1.